The molecule has 3 nitrogen and oxygen atoms in total. The Morgan fingerprint density at radius 3 is 2.27 bits per heavy atom. The number of hydrogen-bond donors (Lipinski definition) is 2. The summed E-state index contributed by atoms with van der Waals surface area (Å²) in [5.41, 5.74) is 5.74. The number of nitrogens with one attached hydrogen (secondary N) is 1. The predicted molar refractivity (Wildman–Crippen MR) is 62.4 cm³/mol. The van der Waals surface area contributed by atoms with E-state index in [1.807, 2.05) is 13.8 Å². The molecule has 0 heterocycles. The number of rotatable bonds is 3. The maximum Gasteiger partial charge on any atom is 0.224 e. The van der Waals surface area contributed by atoms with E-state index < -0.39 is 0 Å². The van der Waals surface area contributed by atoms with Crippen LogP contribution in [-0.2, 0) is 4.79 Å². The van der Waals surface area contributed by atoms with Gasteiger partial charge in [-0.1, -0.05) is 26.2 Å². The van der Waals surface area contributed by atoms with Crippen LogP contribution in [0.5, 0.6) is 0 Å². The second-order valence-electron chi connectivity index (χ2n) is 5.26. The summed E-state index contributed by atoms with van der Waals surface area (Å²) < 4.78 is 0. The third-order valence-electron chi connectivity index (χ3n) is 3.58. The Labute approximate surface area is 92.8 Å². The zero-order chi connectivity index (χ0) is 11.5. The quantitative estimate of drug-likeness (QED) is 0.749. The maximum absolute atomic E-state index is 11.9. The van der Waals surface area contributed by atoms with Gasteiger partial charge in [0.25, 0.3) is 0 Å². The largest absolute Gasteiger partial charge is 0.351 e. The first kappa shape index (κ1) is 12.5. The summed E-state index contributed by atoms with van der Waals surface area (Å²) >= 11 is 0. The van der Waals surface area contributed by atoms with Crippen LogP contribution >= 0.6 is 0 Å². The average molecular weight is 212 g/mol. The fraction of sp³-hybridized carbons (Fsp3) is 0.917. The van der Waals surface area contributed by atoms with Crippen LogP contribution in [0.15, 0.2) is 0 Å². The molecule has 1 aliphatic carbocycles. The van der Waals surface area contributed by atoms with Gasteiger partial charge in [-0.2, -0.15) is 0 Å². The molecule has 0 aliphatic heterocycles. The van der Waals surface area contributed by atoms with Crippen LogP contribution in [0.3, 0.4) is 0 Å². The molecule has 3 N–H and O–H groups in total. The lowest BCUT2D eigenvalue weighted by Gasteiger charge is -2.35. The summed E-state index contributed by atoms with van der Waals surface area (Å²) in [6, 6.07) is -0.0720. The summed E-state index contributed by atoms with van der Waals surface area (Å²) in [7, 11) is 0. The van der Waals surface area contributed by atoms with Gasteiger partial charge in [0.15, 0.2) is 0 Å². The highest BCUT2D eigenvalue weighted by atomic mass is 16.2. The van der Waals surface area contributed by atoms with Crippen molar-refractivity contribution in [2.75, 3.05) is 0 Å². The van der Waals surface area contributed by atoms with Gasteiger partial charge in [0.05, 0.1) is 0 Å². The van der Waals surface area contributed by atoms with Crippen molar-refractivity contribution in [3.63, 3.8) is 0 Å². The highest BCUT2D eigenvalue weighted by Gasteiger charge is 2.30. The third kappa shape index (κ3) is 3.49. The fourth-order valence-corrected chi connectivity index (χ4v) is 2.11. The molecule has 88 valence electrons. The lowest BCUT2D eigenvalue weighted by atomic mass is 9.83. The van der Waals surface area contributed by atoms with Gasteiger partial charge in [-0.25, -0.2) is 0 Å². The normalized spacial score (nSPS) is 24.3. The highest BCUT2D eigenvalue weighted by Crippen LogP contribution is 2.27. The van der Waals surface area contributed by atoms with E-state index in [4.69, 9.17) is 5.73 Å². The molecule has 15 heavy (non-hydrogen) atoms. The van der Waals surface area contributed by atoms with Crippen LogP contribution in [0.2, 0.25) is 0 Å². The molecular weight excluding hydrogens is 188 g/mol. The molecule has 0 bridgehead atoms. The summed E-state index contributed by atoms with van der Waals surface area (Å²) in [6.45, 7) is 5.93. The maximum atomic E-state index is 11.9. The lowest BCUT2D eigenvalue weighted by molar-refractivity contribution is -0.127. The molecule has 1 fully saturated rings. The van der Waals surface area contributed by atoms with Gasteiger partial charge in [0.1, 0.15) is 0 Å². The van der Waals surface area contributed by atoms with Gasteiger partial charge in [-0.05, 0) is 26.7 Å². The molecule has 1 aliphatic rings. The van der Waals surface area contributed by atoms with E-state index in [9.17, 15) is 4.79 Å². The van der Waals surface area contributed by atoms with Crippen LogP contribution in [-0.4, -0.2) is 17.5 Å². The second-order valence-corrected chi connectivity index (χ2v) is 5.26. The molecule has 2 unspecified atom stereocenters. The van der Waals surface area contributed by atoms with Crippen molar-refractivity contribution in [2.24, 2.45) is 11.7 Å². The first-order valence-electron chi connectivity index (χ1n) is 6.02. The van der Waals surface area contributed by atoms with Gasteiger partial charge < -0.3 is 11.1 Å². The lowest BCUT2D eigenvalue weighted by Crippen LogP contribution is -2.51. The van der Waals surface area contributed by atoms with Crippen molar-refractivity contribution >= 4 is 5.91 Å². The van der Waals surface area contributed by atoms with Gasteiger partial charge >= 0.3 is 0 Å². The highest BCUT2D eigenvalue weighted by molar-refractivity contribution is 5.79. The molecule has 0 radical (unpaired) electrons. The summed E-state index contributed by atoms with van der Waals surface area (Å²) in [4.78, 5) is 11.9. The summed E-state index contributed by atoms with van der Waals surface area (Å²) in [5.74, 6) is 0.0122. The summed E-state index contributed by atoms with van der Waals surface area (Å²) in [5, 5.41) is 3.16. The second kappa shape index (κ2) is 4.97. The van der Waals surface area contributed by atoms with E-state index in [1.165, 1.54) is 19.3 Å². The first-order valence-corrected chi connectivity index (χ1v) is 6.02. The number of nitrogens with two attached hydrogens (primary N) is 1. The Bertz CT molecular complexity index is 220. The Hall–Kier alpha value is -0.570. The van der Waals surface area contributed by atoms with Crippen molar-refractivity contribution < 1.29 is 4.79 Å². The molecule has 1 saturated carbocycles. The van der Waals surface area contributed by atoms with Gasteiger partial charge in [0, 0.05) is 17.5 Å². The monoisotopic (exact) mass is 212 g/mol. The zero-order valence-electron chi connectivity index (χ0n) is 10.2. The van der Waals surface area contributed by atoms with Crippen LogP contribution in [0.1, 0.15) is 52.9 Å². The SMILES string of the molecule is CC(N)C(C)C(=O)NC1(C)CCCCC1. The average Bonchev–Trinajstić information content (AvgIpc) is 2.16. The molecule has 0 aromatic carbocycles. The van der Waals surface area contributed by atoms with Gasteiger partial charge in [-0.3, -0.25) is 4.79 Å². The summed E-state index contributed by atoms with van der Waals surface area (Å²) in [6.07, 6.45) is 5.95. The Morgan fingerprint density at radius 1 is 1.27 bits per heavy atom. The molecule has 0 aromatic heterocycles. The van der Waals surface area contributed by atoms with E-state index in [-0.39, 0.29) is 23.4 Å². The number of hydrogen-bond acceptors (Lipinski definition) is 2. The Balaban J connectivity index is 2.49. The van der Waals surface area contributed by atoms with Crippen molar-refractivity contribution in [2.45, 2.75) is 64.5 Å². The molecule has 1 rings (SSSR count). The van der Waals surface area contributed by atoms with E-state index in [1.54, 1.807) is 0 Å². The van der Waals surface area contributed by atoms with Crippen molar-refractivity contribution in [1.82, 2.24) is 5.32 Å². The predicted octanol–water partition coefficient (Wildman–Crippen LogP) is 1.81. The van der Waals surface area contributed by atoms with E-state index >= 15 is 0 Å². The number of carbonyl (C=O) groups is 1. The Morgan fingerprint density at radius 2 is 1.80 bits per heavy atom. The number of amides is 1. The van der Waals surface area contributed by atoms with Crippen LogP contribution in [0.4, 0.5) is 0 Å². The molecule has 0 spiro atoms. The first-order chi connectivity index (χ1) is 6.94. The minimum Gasteiger partial charge on any atom is -0.351 e. The number of carbonyl (C=O) groups excluding carboxylic acids is 1. The van der Waals surface area contributed by atoms with Crippen molar-refractivity contribution in [3.05, 3.63) is 0 Å². The topological polar surface area (TPSA) is 55.1 Å². The molecule has 3 heteroatoms. The molecule has 0 aromatic rings. The molecule has 1 amide bonds. The van der Waals surface area contributed by atoms with E-state index in [0.717, 1.165) is 12.8 Å². The van der Waals surface area contributed by atoms with E-state index in [2.05, 4.69) is 12.2 Å². The van der Waals surface area contributed by atoms with Gasteiger partial charge in [-0.15, -0.1) is 0 Å². The van der Waals surface area contributed by atoms with Crippen LogP contribution in [0, 0.1) is 5.92 Å². The van der Waals surface area contributed by atoms with Crippen LogP contribution in [0.25, 0.3) is 0 Å². The van der Waals surface area contributed by atoms with E-state index in [0.29, 0.717) is 0 Å². The van der Waals surface area contributed by atoms with Gasteiger partial charge in [0.2, 0.25) is 5.91 Å². The minimum atomic E-state index is -0.0937. The molecule has 2 atom stereocenters. The smallest absolute Gasteiger partial charge is 0.224 e. The van der Waals surface area contributed by atoms with Crippen LogP contribution < -0.4 is 11.1 Å². The zero-order valence-corrected chi connectivity index (χ0v) is 10.2. The van der Waals surface area contributed by atoms with Crippen molar-refractivity contribution in [1.29, 1.82) is 0 Å². The minimum absolute atomic E-state index is 0.0124. The standard InChI is InChI=1S/C12H24N2O/c1-9(10(2)13)11(15)14-12(3)7-5-4-6-8-12/h9-10H,4-8,13H2,1-3H3,(H,14,15). The third-order valence-corrected chi connectivity index (χ3v) is 3.58. The Kier molecular flexibility index (Phi) is 4.14. The molecular formula is C12H24N2O. The molecule has 0 saturated heterocycles. The van der Waals surface area contributed by atoms with Crippen molar-refractivity contribution in [3.8, 4) is 0 Å². The fourth-order valence-electron chi connectivity index (χ4n) is 2.11.